The molecule has 204 valence electrons. The van der Waals surface area contributed by atoms with Crippen LogP contribution in [0.15, 0.2) is 60.9 Å². The van der Waals surface area contributed by atoms with Crippen molar-refractivity contribution in [3.8, 4) is 22.9 Å². The number of fused-ring (bicyclic) bond motifs is 1. The summed E-state index contributed by atoms with van der Waals surface area (Å²) in [6, 6.07) is 14.5. The predicted octanol–water partition coefficient (Wildman–Crippen LogP) is 5.29. The van der Waals surface area contributed by atoms with Gasteiger partial charge in [-0.2, -0.15) is 13.2 Å². The van der Waals surface area contributed by atoms with E-state index in [1.54, 1.807) is 36.7 Å². The third-order valence-corrected chi connectivity index (χ3v) is 6.60. The number of nitrogens with one attached hydrogen (secondary N) is 3. The molecule has 1 saturated heterocycles. The molecule has 0 unspecified atom stereocenters. The number of ether oxygens (including phenoxy) is 1. The molecule has 0 aliphatic carbocycles. The third kappa shape index (κ3) is 6.21. The Labute approximate surface area is 223 Å². The second kappa shape index (κ2) is 11.4. The van der Waals surface area contributed by atoms with Crippen LogP contribution in [0.4, 0.5) is 24.8 Å². The van der Waals surface area contributed by atoms with E-state index in [1.165, 1.54) is 0 Å². The van der Waals surface area contributed by atoms with E-state index in [4.69, 9.17) is 9.72 Å². The van der Waals surface area contributed by atoms with Gasteiger partial charge in [-0.1, -0.05) is 24.3 Å². The van der Waals surface area contributed by atoms with Gasteiger partial charge in [-0.3, -0.25) is 0 Å². The Hall–Kier alpha value is -3.96. The number of piperidine rings is 1. The number of aliphatic hydroxyl groups is 1. The lowest BCUT2D eigenvalue weighted by Crippen LogP contribution is -2.38. The average Bonchev–Trinajstić information content (AvgIpc) is 2.93. The third-order valence-electron chi connectivity index (χ3n) is 6.60. The van der Waals surface area contributed by atoms with Crippen LogP contribution in [0.2, 0.25) is 0 Å². The SMILES string of the molecule is Cc1ccc2c(NC[C@@H](O)C(F)(F)F)cccc2c1Oc1ncccc1-c1ccnc(N[C@H]2CCCNC2)n1. The fourth-order valence-electron chi connectivity index (χ4n) is 4.55. The molecule has 3 heterocycles. The Morgan fingerprint density at radius 3 is 2.74 bits per heavy atom. The van der Waals surface area contributed by atoms with Gasteiger partial charge in [0, 0.05) is 48.0 Å². The number of rotatable bonds is 8. The summed E-state index contributed by atoms with van der Waals surface area (Å²) in [5, 5.41) is 20.2. The zero-order valence-corrected chi connectivity index (χ0v) is 21.3. The second-order valence-electron chi connectivity index (χ2n) is 9.46. The van der Waals surface area contributed by atoms with Crippen molar-refractivity contribution in [1.29, 1.82) is 0 Å². The molecule has 4 aromatic rings. The maximum Gasteiger partial charge on any atom is 0.416 e. The van der Waals surface area contributed by atoms with Crippen LogP contribution in [0.1, 0.15) is 18.4 Å². The molecule has 39 heavy (non-hydrogen) atoms. The monoisotopic (exact) mass is 538 g/mol. The van der Waals surface area contributed by atoms with Crippen LogP contribution in [-0.4, -0.2) is 58.0 Å². The molecule has 0 amide bonds. The molecule has 4 N–H and O–H groups in total. The van der Waals surface area contributed by atoms with Crippen LogP contribution in [-0.2, 0) is 0 Å². The summed E-state index contributed by atoms with van der Waals surface area (Å²) < 4.78 is 44.8. The lowest BCUT2D eigenvalue weighted by molar-refractivity contribution is -0.198. The van der Waals surface area contributed by atoms with E-state index in [1.807, 2.05) is 31.2 Å². The van der Waals surface area contributed by atoms with Gasteiger partial charge in [0.1, 0.15) is 5.75 Å². The van der Waals surface area contributed by atoms with Crippen molar-refractivity contribution >= 4 is 22.4 Å². The molecule has 2 aromatic heterocycles. The van der Waals surface area contributed by atoms with Crippen molar-refractivity contribution in [2.24, 2.45) is 0 Å². The lowest BCUT2D eigenvalue weighted by Gasteiger charge is -2.23. The molecule has 2 atom stereocenters. The summed E-state index contributed by atoms with van der Waals surface area (Å²) in [5.41, 5.74) is 2.58. The van der Waals surface area contributed by atoms with E-state index in [0.717, 1.165) is 31.5 Å². The summed E-state index contributed by atoms with van der Waals surface area (Å²) in [7, 11) is 0. The van der Waals surface area contributed by atoms with Gasteiger partial charge in [0.25, 0.3) is 0 Å². The standard InChI is InChI=1S/C28H29F3N6O2/c1-17-9-10-19-20(6-2-8-22(19)35-16-24(38)28(29,30)31)25(17)39-26-21(7-4-13-33-26)23-11-14-34-27(37-23)36-18-5-3-12-32-15-18/h2,4,6-11,13-14,18,24,32,35,38H,3,5,12,15-16H2,1H3,(H,34,36,37)/t18-,24+/m0/s1. The number of alkyl halides is 3. The topological polar surface area (TPSA) is 104 Å². The number of nitrogens with zero attached hydrogens (tertiary/aromatic N) is 3. The van der Waals surface area contributed by atoms with E-state index in [-0.39, 0.29) is 6.04 Å². The average molecular weight is 539 g/mol. The van der Waals surface area contributed by atoms with Gasteiger partial charge < -0.3 is 25.8 Å². The van der Waals surface area contributed by atoms with E-state index >= 15 is 0 Å². The Kier molecular flexibility index (Phi) is 7.80. The summed E-state index contributed by atoms with van der Waals surface area (Å²) in [6.07, 6.45) is -1.75. The van der Waals surface area contributed by atoms with E-state index in [2.05, 4.69) is 25.9 Å². The number of hydrogen-bond acceptors (Lipinski definition) is 8. The van der Waals surface area contributed by atoms with E-state index in [0.29, 0.717) is 45.3 Å². The highest BCUT2D eigenvalue weighted by atomic mass is 19.4. The Morgan fingerprint density at radius 1 is 1.08 bits per heavy atom. The van der Waals surface area contributed by atoms with Gasteiger partial charge >= 0.3 is 6.18 Å². The molecule has 0 bridgehead atoms. The van der Waals surface area contributed by atoms with Crippen molar-refractivity contribution in [3.63, 3.8) is 0 Å². The highest BCUT2D eigenvalue weighted by Crippen LogP contribution is 2.38. The number of pyridine rings is 1. The molecule has 8 nitrogen and oxygen atoms in total. The molecule has 1 aliphatic heterocycles. The first kappa shape index (κ1) is 26.6. The number of benzene rings is 2. The fourth-order valence-corrected chi connectivity index (χ4v) is 4.55. The largest absolute Gasteiger partial charge is 0.437 e. The highest BCUT2D eigenvalue weighted by molar-refractivity contribution is 5.98. The number of halogens is 3. The van der Waals surface area contributed by atoms with Crippen molar-refractivity contribution in [1.82, 2.24) is 20.3 Å². The van der Waals surface area contributed by atoms with Gasteiger partial charge in [0.2, 0.25) is 11.8 Å². The van der Waals surface area contributed by atoms with Crippen molar-refractivity contribution < 1.29 is 23.0 Å². The van der Waals surface area contributed by atoms with E-state index in [9.17, 15) is 18.3 Å². The molecule has 0 spiro atoms. The maximum atomic E-state index is 12.8. The Bertz CT molecular complexity index is 1440. The van der Waals surface area contributed by atoms with Gasteiger partial charge in [0.15, 0.2) is 6.10 Å². The number of anilines is 2. The first-order valence-corrected chi connectivity index (χ1v) is 12.7. The van der Waals surface area contributed by atoms with Crippen molar-refractivity contribution in [3.05, 3.63) is 66.5 Å². The van der Waals surface area contributed by atoms with E-state index < -0.39 is 18.8 Å². The van der Waals surface area contributed by atoms with Gasteiger partial charge in [-0.25, -0.2) is 15.0 Å². The molecular weight excluding hydrogens is 509 g/mol. The minimum absolute atomic E-state index is 0.247. The number of aliphatic hydroxyl groups excluding tert-OH is 1. The number of aryl methyl sites for hydroxylation is 1. The van der Waals surface area contributed by atoms with Crippen LogP contribution in [0.5, 0.6) is 11.6 Å². The quantitative estimate of drug-likeness (QED) is 0.240. The highest BCUT2D eigenvalue weighted by Gasteiger charge is 2.37. The first-order chi connectivity index (χ1) is 18.8. The Morgan fingerprint density at radius 2 is 1.95 bits per heavy atom. The Balaban J connectivity index is 1.44. The van der Waals surface area contributed by atoms with Gasteiger partial charge in [-0.05, 0) is 56.1 Å². The summed E-state index contributed by atoms with van der Waals surface area (Å²) in [4.78, 5) is 13.5. The first-order valence-electron chi connectivity index (χ1n) is 12.7. The molecule has 0 radical (unpaired) electrons. The van der Waals surface area contributed by atoms with Crippen LogP contribution >= 0.6 is 0 Å². The van der Waals surface area contributed by atoms with Gasteiger partial charge in [0.05, 0.1) is 11.3 Å². The smallest absolute Gasteiger partial charge is 0.416 e. The summed E-state index contributed by atoms with van der Waals surface area (Å²) >= 11 is 0. The molecular formula is C28H29F3N6O2. The molecule has 1 fully saturated rings. The number of hydrogen-bond donors (Lipinski definition) is 4. The lowest BCUT2D eigenvalue weighted by atomic mass is 10.0. The predicted molar refractivity (Wildman–Crippen MR) is 144 cm³/mol. The van der Waals surface area contributed by atoms with Crippen molar-refractivity contribution in [2.45, 2.75) is 38.1 Å². The van der Waals surface area contributed by atoms with Crippen LogP contribution in [0.3, 0.4) is 0 Å². The molecule has 0 saturated carbocycles. The molecule has 2 aromatic carbocycles. The summed E-state index contributed by atoms with van der Waals surface area (Å²) in [5.74, 6) is 1.38. The minimum atomic E-state index is -4.71. The van der Waals surface area contributed by atoms with Crippen LogP contribution in [0, 0.1) is 6.92 Å². The van der Waals surface area contributed by atoms with Crippen LogP contribution < -0.4 is 20.7 Å². The maximum absolute atomic E-state index is 12.8. The fraction of sp³-hybridized carbons (Fsp3) is 0.321. The zero-order chi connectivity index (χ0) is 27.4. The molecule has 1 aliphatic rings. The van der Waals surface area contributed by atoms with Gasteiger partial charge in [-0.15, -0.1) is 0 Å². The van der Waals surface area contributed by atoms with Crippen LogP contribution in [0.25, 0.3) is 22.0 Å². The minimum Gasteiger partial charge on any atom is -0.437 e. The normalized spacial score (nSPS) is 16.6. The second-order valence-corrected chi connectivity index (χ2v) is 9.46. The summed E-state index contributed by atoms with van der Waals surface area (Å²) in [6.45, 7) is 3.07. The molecule has 5 rings (SSSR count). The van der Waals surface area contributed by atoms with Crippen molar-refractivity contribution in [2.75, 3.05) is 30.3 Å². The zero-order valence-electron chi connectivity index (χ0n) is 21.3. The molecule has 11 heteroatoms. The number of aromatic nitrogens is 3.